The van der Waals surface area contributed by atoms with Gasteiger partial charge in [-0.2, -0.15) is 10.5 Å². The summed E-state index contributed by atoms with van der Waals surface area (Å²) in [5.74, 6) is -0.196. The molecular weight excluding hydrogens is 540 g/mol. The smallest absolute Gasteiger partial charge is 0.264 e. The zero-order chi connectivity index (χ0) is 29.8. The number of aromatic nitrogens is 2. The highest BCUT2D eigenvalue weighted by Crippen LogP contribution is 2.40. The number of nitrogens with zero attached hydrogens (tertiary/aromatic N) is 4. The van der Waals surface area contributed by atoms with Gasteiger partial charge in [-0.25, -0.2) is 4.98 Å². The molecule has 0 aliphatic carbocycles. The van der Waals surface area contributed by atoms with E-state index in [0.29, 0.717) is 33.2 Å². The molecule has 6 aromatic carbocycles. The van der Waals surface area contributed by atoms with Crippen LogP contribution in [0.4, 0.5) is 0 Å². The van der Waals surface area contributed by atoms with E-state index in [4.69, 9.17) is 4.98 Å². The molecule has 44 heavy (non-hydrogen) atoms. The molecule has 0 saturated carbocycles. The highest BCUT2D eigenvalue weighted by atomic mass is 16.1. The minimum Gasteiger partial charge on any atom is -0.268 e. The molecule has 0 spiro atoms. The zero-order valence-electron chi connectivity index (χ0n) is 23.4. The van der Waals surface area contributed by atoms with Crippen molar-refractivity contribution in [2.45, 2.75) is 5.92 Å². The summed E-state index contributed by atoms with van der Waals surface area (Å²) < 4.78 is 1.62. The van der Waals surface area contributed by atoms with E-state index >= 15 is 0 Å². The maximum absolute atomic E-state index is 14.2. The first-order valence-corrected chi connectivity index (χ1v) is 14.3. The standard InChI is InChI=1S/C39H22N4O/c40-22-27-16-17-31-37-30(19-18-29(36(27)37)24-10-4-1-5-11-24)38-42-33-21-32(28(23-41)20-34(33)43(38)39(31)44)35(25-12-6-2-7-13-25)26-14-8-3-9-15-26/h1-21,35H. The Hall–Kier alpha value is -6.30. The molecule has 0 unspecified atom stereocenters. The van der Waals surface area contributed by atoms with Crippen LogP contribution in [0.15, 0.2) is 132 Å². The van der Waals surface area contributed by atoms with Crippen LogP contribution in [0.1, 0.15) is 33.7 Å². The van der Waals surface area contributed by atoms with Gasteiger partial charge >= 0.3 is 0 Å². The largest absolute Gasteiger partial charge is 0.268 e. The number of imidazole rings is 1. The third-order valence-electron chi connectivity index (χ3n) is 8.56. The summed E-state index contributed by atoms with van der Waals surface area (Å²) in [6.45, 7) is 0. The normalized spacial score (nSPS) is 11.4. The molecule has 8 aromatic rings. The molecule has 0 fully saturated rings. The summed E-state index contributed by atoms with van der Waals surface area (Å²) in [6.07, 6.45) is 0. The Bertz CT molecular complexity index is 2480. The second-order valence-electron chi connectivity index (χ2n) is 10.9. The maximum Gasteiger partial charge on any atom is 0.264 e. The second kappa shape index (κ2) is 9.91. The highest BCUT2D eigenvalue weighted by Gasteiger charge is 2.24. The van der Waals surface area contributed by atoms with Crippen molar-refractivity contribution < 1.29 is 0 Å². The van der Waals surface area contributed by atoms with Crippen LogP contribution in [0, 0.1) is 22.7 Å². The lowest BCUT2D eigenvalue weighted by Crippen LogP contribution is -2.14. The van der Waals surface area contributed by atoms with Gasteiger partial charge in [-0.15, -0.1) is 0 Å². The quantitative estimate of drug-likeness (QED) is 0.203. The first-order valence-electron chi connectivity index (χ1n) is 14.3. The van der Waals surface area contributed by atoms with Crippen molar-refractivity contribution in [3.05, 3.63) is 166 Å². The number of benzene rings is 6. The summed E-state index contributed by atoms with van der Waals surface area (Å²) in [7, 11) is 0. The van der Waals surface area contributed by atoms with Gasteiger partial charge in [-0.1, -0.05) is 97.1 Å². The predicted molar refractivity (Wildman–Crippen MR) is 174 cm³/mol. The third-order valence-corrected chi connectivity index (χ3v) is 8.56. The van der Waals surface area contributed by atoms with Gasteiger partial charge in [-0.05, 0) is 58.1 Å². The second-order valence-corrected chi connectivity index (χ2v) is 10.9. The highest BCUT2D eigenvalue weighted by molar-refractivity contribution is 6.20. The van der Waals surface area contributed by atoms with E-state index in [1.807, 2.05) is 84.9 Å². The molecule has 5 nitrogen and oxygen atoms in total. The Morgan fingerprint density at radius 2 is 1.25 bits per heavy atom. The van der Waals surface area contributed by atoms with Gasteiger partial charge < -0.3 is 0 Å². The van der Waals surface area contributed by atoms with Crippen molar-refractivity contribution in [1.29, 1.82) is 10.5 Å². The summed E-state index contributed by atoms with van der Waals surface area (Å²) in [5.41, 5.74) is 7.29. The van der Waals surface area contributed by atoms with Crippen molar-refractivity contribution in [2.75, 3.05) is 0 Å². The average molecular weight is 563 g/mol. The maximum atomic E-state index is 14.2. The van der Waals surface area contributed by atoms with Crippen molar-refractivity contribution in [3.63, 3.8) is 0 Å². The van der Waals surface area contributed by atoms with E-state index in [0.717, 1.165) is 44.0 Å². The molecule has 0 aliphatic rings. The fourth-order valence-corrected chi connectivity index (χ4v) is 6.64. The van der Waals surface area contributed by atoms with Crippen LogP contribution in [-0.2, 0) is 0 Å². The Morgan fingerprint density at radius 1 is 0.636 bits per heavy atom. The molecule has 0 atom stereocenters. The lowest BCUT2D eigenvalue weighted by molar-refractivity contribution is 0.973. The summed E-state index contributed by atoms with van der Waals surface area (Å²) >= 11 is 0. The Balaban J connectivity index is 1.47. The predicted octanol–water partition coefficient (Wildman–Crippen LogP) is 8.18. The van der Waals surface area contributed by atoms with Gasteiger partial charge in [0, 0.05) is 27.5 Å². The molecule has 0 saturated heterocycles. The van der Waals surface area contributed by atoms with Crippen LogP contribution < -0.4 is 5.56 Å². The molecule has 204 valence electrons. The fraction of sp³-hybridized carbons (Fsp3) is 0.0256. The summed E-state index contributed by atoms with van der Waals surface area (Å²) in [4.78, 5) is 19.3. The van der Waals surface area contributed by atoms with E-state index in [1.165, 1.54) is 0 Å². The number of rotatable bonds is 4. The van der Waals surface area contributed by atoms with E-state index in [1.54, 1.807) is 22.6 Å². The first kappa shape index (κ1) is 25.4. The zero-order valence-corrected chi connectivity index (χ0v) is 23.4. The van der Waals surface area contributed by atoms with Gasteiger partial charge in [0.25, 0.3) is 5.56 Å². The Kier molecular flexibility index (Phi) is 5.72. The number of fused-ring (bicyclic) bond motifs is 4. The SMILES string of the molecule is N#Cc1cc2c(cc1C(c1ccccc1)c1ccccc1)nc1c3ccc(-c4ccccc4)c4c(C#N)ccc(c(=O)n21)c43. The summed E-state index contributed by atoms with van der Waals surface area (Å²) in [5, 5.41) is 23.3. The summed E-state index contributed by atoms with van der Waals surface area (Å²) in [6, 6.07) is 46.1. The number of hydrogen-bond donors (Lipinski definition) is 0. The molecule has 2 aromatic heterocycles. The molecule has 5 heteroatoms. The van der Waals surface area contributed by atoms with Crippen LogP contribution in [-0.4, -0.2) is 9.38 Å². The molecule has 8 rings (SSSR count). The monoisotopic (exact) mass is 562 g/mol. The van der Waals surface area contributed by atoms with Crippen LogP contribution in [0.25, 0.3) is 49.4 Å². The van der Waals surface area contributed by atoms with E-state index in [2.05, 4.69) is 36.4 Å². The van der Waals surface area contributed by atoms with Gasteiger partial charge in [0.2, 0.25) is 0 Å². The van der Waals surface area contributed by atoms with Crippen molar-refractivity contribution in [1.82, 2.24) is 9.38 Å². The van der Waals surface area contributed by atoms with E-state index in [-0.39, 0.29) is 11.5 Å². The minimum absolute atomic E-state index is 0.196. The molecule has 0 N–H and O–H groups in total. The van der Waals surface area contributed by atoms with Gasteiger partial charge in [-0.3, -0.25) is 9.20 Å². The number of hydrogen-bond acceptors (Lipinski definition) is 4. The Labute approximate surface area is 252 Å². The molecule has 0 amide bonds. The van der Waals surface area contributed by atoms with Gasteiger partial charge in [0.1, 0.15) is 5.65 Å². The molecular formula is C39H22N4O. The lowest BCUT2D eigenvalue weighted by atomic mass is 9.83. The average Bonchev–Trinajstić information content (AvgIpc) is 3.46. The van der Waals surface area contributed by atoms with Crippen LogP contribution in [0.5, 0.6) is 0 Å². The first-order chi connectivity index (χ1) is 21.7. The van der Waals surface area contributed by atoms with Crippen LogP contribution in [0.3, 0.4) is 0 Å². The van der Waals surface area contributed by atoms with E-state index in [9.17, 15) is 15.3 Å². The lowest BCUT2D eigenvalue weighted by Gasteiger charge is -2.20. The van der Waals surface area contributed by atoms with Crippen LogP contribution in [0.2, 0.25) is 0 Å². The molecule has 2 heterocycles. The van der Waals surface area contributed by atoms with Crippen LogP contribution >= 0.6 is 0 Å². The van der Waals surface area contributed by atoms with Crippen molar-refractivity contribution in [2.24, 2.45) is 0 Å². The number of pyridine rings is 1. The molecule has 0 radical (unpaired) electrons. The van der Waals surface area contributed by atoms with E-state index < -0.39 is 0 Å². The molecule has 0 aliphatic heterocycles. The third kappa shape index (κ3) is 3.71. The van der Waals surface area contributed by atoms with Crippen molar-refractivity contribution >= 4 is 38.2 Å². The van der Waals surface area contributed by atoms with Gasteiger partial charge in [0.05, 0.1) is 34.3 Å². The molecule has 0 bridgehead atoms. The minimum atomic E-state index is -0.228. The fourth-order valence-electron chi connectivity index (χ4n) is 6.64. The van der Waals surface area contributed by atoms with Crippen molar-refractivity contribution in [3.8, 4) is 23.3 Å². The number of nitriles is 2. The Morgan fingerprint density at radius 3 is 1.89 bits per heavy atom. The topological polar surface area (TPSA) is 81.9 Å². The van der Waals surface area contributed by atoms with Gasteiger partial charge in [0.15, 0.2) is 0 Å².